The lowest BCUT2D eigenvalue weighted by molar-refractivity contribution is -0.115. The van der Waals surface area contributed by atoms with Crippen LogP contribution in [-0.2, 0) is 9.53 Å². The van der Waals surface area contributed by atoms with E-state index in [1.807, 2.05) is 25.1 Å². The number of fused-ring (bicyclic) bond motifs is 1. The summed E-state index contributed by atoms with van der Waals surface area (Å²) < 4.78 is 5.04. The monoisotopic (exact) mass is 477 g/mol. The van der Waals surface area contributed by atoms with Gasteiger partial charge in [-0.25, -0.2) is 14.8 Å². The van der Waals surface area contributed by atoms with Crippen LogP contribution in [0.2, 0.25) is 0 Å². The Morgan fingerprint density at radius 3 is 2.64 bits per heavy atom. The van der Waals surface area contributed by atoms with Gasteiger partial charge in [-0.05, 0) is 43.2 Å². The quantitative estimate of drug-likeness (QED) is 0.189. The third kappa shape index (κ3) is 5.40. The van der Waals surface area contributed by atoms with Gasteiger partial charge in [-0.1, -0.05) is 55.1 Å². The average molecular weight is 478 g/mol. The molecule has 4 aromatic rings. The van der Waals surface area contributed by atoms with Crippen molar-refractivity contribution in [2.75, 3.05) is 11.9 Å². The van der Waals surface area contributed by atoms with Gasteiger partial charge in [-0.3, -0.25) is 4.79 Å². The van der Waals surface area contributed by atoms with Crippen molar-refractivity contribution >= 4 is 50.9 Å². The van der Waals surface area contributed by atoms with E-state index >= 15 is 0 Å². The van der Waals surface area contributed by atoms with E-state index in [0.717, 1.165) is 25.7 Å². The van der Waals surface area contributed by atoms with Gasteiger partial charge in [0, 0.05) is 16.0 Å². The van der Waals surface area contributed by atoms with Crippen LogP contribution in [-0.4, -0.2) is 33.7 Å². The second-order valence-corrected chi connectivity index (χ2v) is 9.40. The largest absolute Gasteiger partial charge is 0.462 e. The number of benzene rings is 2. The Bertz CT molecular complexity index is 1270. The summed E-state index contributed by atoms with van der Waals surface area (Å²) in [6, 6.07) is 19.0. The van der Waals surface area contributed by atoms with Crippen molar-refractivity contribution in [1.82, 2.24) is 9.97 Å². The second-order valence-electron chi connectivity index (χ2n) is 7.18. The van der Waals surface area contributed by atoms with Crippen LogP contribution < -0.4 is 5.32 Å². The van der Waals surface area contributed by atoms with Crippen molar-refractivity contribution in [2.45, 2.75) is 30.5 Å². The van der Waals surface area contributed by atoms with E-state index in [2.05, 4.69) is 33.5 Å². The molecule has 0 saturated carbocycles. The summed E-state index contributed by atoms with van der Waals surface area (Å²) in [5, 5.41) is 4.29. The summed E-state index contributed by atoms with van der Waals surface area (Å²) in [7, 11) is 0. The molecule has 0 bridgehead atoms. The lowest BCUT2D eigenvalue weighted by atomic mass is 10.2. The Hall–Kier alpha value is -3.23. The number of anilines is 1. The number of nitrogens with one attached hydrogen (secondary N) is 1. The SMILES string of the molecule is CCOC(=O)c1cccc(NC(=O)C(CC)Sc2ncnc3sc(-c4ccccc4)cc23)c1. The number of hydrogen-bond acceptors (Lipinski definition) is 7. The lowest BCUT2D eigenvalue weighted by Crippen LogP contribution is -2.24. The first kappa shape index (κ1) is 22.9. The predicted octanol–water partition coefficient (Wildman–Crippen LogP) is 6.04. The van der Waals surface area contributed by atoms with Gasteiger partial charge in [-0.2, -0.15) is 0 Å². The molecule has 2 heterocycles. The van der Waals surface area contributed by atoms with Crippen LogP contribution in [0.4, 0.5) is 5.69 Å². The number of esters is 1. The number of carbonyl (C=O) groups is 2. The van der Waals surface area contributed by atoms with Crippen LogP contribution in [0.25, 0.3) is 20.7 Å². The molecular weight excluding hydrogens is 454 g/mol. The Morgan fingerprint density at radius 2 is 1.88 bits per heavy atom. The predicted molar refractivity (Wildman–Crippen MR) is 134 cm³/mol. The van der Waals surface area contributed by atoms with Gasteiger partial charge in [0.2, 0.25) is 5.91 Å². The molecule has 0 aliphatic heterocycles. The van der Waals surface area contributed by atoms with Crippen molar-refractivity contribution in [3.8, 4) is 10.4 Å². The Balaban J connectivity index is 1.53. The second kappa shape index (κ2) is 10.6. The molecule has 6 nitrogen and oxygen atoms in total. The zero-order valence-corrected chi connectivity index (χ0v) is 19.9. The minimum absolute atomic E-state index is 0.145. The van der Waals surface area contributed by atoms with Crippen LogP contribution in [0.5, 0.6) is 0 Å². The van der Waals surface area contributed by atoms with Gasteiger partial charge >= 0.3 is 5.97 Å². The third-order valence-electron chi connectivity index (χ3n) is 4.91. The number of rotatable bonds is 8. The fraction of sp³-hybridized carbons (Fsp3) is 0.200. The van der Waals surface area contributed by atoms with Crippen molar-refractivity contribution < 1.29 is 14.3 Å². The van der Waals surface area contributed by atoms with Crippen molar-refractivity contribution in [3.05, 3.63) is 72.6 Å². The molecule has 0 saturated heterocycles. The third-order valence-corrected chi connectivity index (χ3v) is 7.38. The fourth-order valence-electron chi connectivity index (χ4n) is 3.29. The van der Waals surface area contributed by atoms with Crippen molar-refractivity contribution in [3.63, 3.8) is 0 Å². The normalized spacial score (nSPS) is 11.8. The molecule has 0 spiro atoms. The minimum atomic E-state index is -0.412. The zero-order valence-electron chi connectivity index (χ0n) is 18.3. The molecule has 1 atom stereocenters. The molecule has 1 N–H and O–H groups in total. The first-order valence-corrected chi connectivity index (χ1v) is 12.3. The summed E-state index contributed by atoms with van der Waals surface area (Å²) in [4.78, 5) is 35.9. The molecule has 33 heavy (non-hydrogen) atoms. The summed E-state index contributed by atoms with van der Waals surface area (Å²) in [5.41, 5.74) is 2.08. The molecule has 2 aromatic carbocycles. The first-order chi connectivity index (χ1) is 16.1. The summed E-state index contributed by atoms with van der Waals surface area (Å²) in [6.07, 6.45) is 2.17. The standard InChI is InChI=1S/C25H23N3O3S2/c1-3-20(22(29)28-18-12-8-11-17(13-18)25(30)31-4-2)32-23-19-14-21(16-9-6-5-7-10-16)33-24(19)27-15-26-23/h5-15,20H,3-4H2,1-2H3,(H,28,29). The maximum atomic E-state index is 13.0. The number of amides is 1. The van der Waals surface area contributed by atoms with Crippen LogP contribution in [0.1, 0.15) is 30.6 Å². The van der Waals surface area contributed by atoms with E-state index in [-0.39, 0.29) is 11.2 Å². The van der Waals surface area contributed by atoms with E-state index in [1.54, 1.807) is 48.9 Å². The molecule has 2 aromatic heterocycles. The first-order valence-electron chi connectivity index (χ1n) is 10.6. The van der Waals surface area contributed by atoms with Gasteiger partial charge in [0.1, 0.15) is 16.2 Å². The lowest BCUT2D eigenvalue weighted by Gasteiger charge is -2.15. The van der Waals surface area contributed by atoms with Crippen molar-refractivity contribution in [2.24, 2.45) is 0 Å². The molecular formula is C25H23N3O3S2. The van der Waals surface area contributed by atoms with Gasteiger partial charge in [0.15, 0.2) is 0 Å². The van der Waals surface area contributed by atoms with Gasteiger partial charge < -0.3 is 10.1 Å². The molecule has 168 valence electrons. The zero-order chi connectivity index (χ0) is 23.2. The highest BCUT2D eigenvalue weighted by molar-refractivity contribution is 8.00. The maximum Gasteiger partial charge on any atom is 0.338 e. The number of thioether (sulfide) groups is 1. The van der Waals surface area contributed by atoms with E-state index in [9.17, 15) is 9.59 Å². The summed E-state index contributed by atoms with van der Waals surface area (Å²) in [5.74, 6) is -0.557. The molecule has 0 aliphatic carbocycles. The molecule has 8 heteroatoms. The number of carbonyl (C=O) groups excluding carboxylic acids is 2. The van der Waals surface area contributed by atoms with E-state index in [1.165, 1.54) is 11.8 Å². The molecule has 0 radical (unpaired) electrons. The Morgan fingerprint density at radius 1 is 1.06 bits per heavy atom. The highest BCUT2D eigenvalue weighted by Gasteiger charge is 2.21. The topological polar surface area (TPSA) is 81.2 Å². The summed E-state index contributed by atoms with van der Waals surface area (Å²) >= 11 is 3.03. The van der Waals surface area contributed by atoms with E-state index < -0.39 is 5.97 Å². The number of nitrogens with zero attached hydrogens (tertiary/aromatic N) is 2. The molecule has 0 aliphatic rings. The van der Waals surface area contributed by atoms with Crippen LogP contribution in [0.15, 0.2) is 72.0 Å². The molecule has 4 rings (SSSR count). The fourth-order valence-corrected chi connectivity index (χ4v) is 5.35. The number of aromatic nitrogens is 2. The van der Waals surface area contributed by atoms with Crippen LogP contribution in [0, 0.1) is 0 Å². The number of thiophene rings is 1. The number of ether oxygens (including phenoxy) is 1. The summed E-state index contributed by atoms with van der Waals surface area (Å²) in [6.45, 7) is 4.02. The van der Waals surface area contributed by atoms with E-state index in [4.69, 9.17) is 4.74 Å². The average Bonchev–Trinajstić information content (AvgIpc) is 3.28. The molecule has 1 unspecified atom stereocenters. The van der Waals surface area contributed by atoms with Crippen LogP contribution >= 0.6 is 23.1 Å². The maximum absolute atomic E-state index is 13.0. The Labute approximate surface area is 200 Å². The van der Waals surface area contributed by atoms with Gasteiger partial charge in [-0.15, -0.1) is 11.3 Å². The smallest absolute Gasteiger partial charge is 0.338 e. The molecule has 1 amide bonds. The molecule has 0 fully saturated rings. The number of hydrogen-bond donors (Lipinski definition) is 1. The van der Waals surface area contributed by atoms with Crippen LogP contribution in [0.3, 0.4) is 0 Å². The Kier molecular flexibility index (Phi) is 7.36. The van der Waals surface area contributed by atoms with Gasteiger partial charge in [0.05, 0.1) is 17.4 Å². The highest BCUT2D eigenvalue weighted by atomic mass is 32.2. The van der Waals surface area contributed by atoms with Gasteiger partial charge in [0.25, 0.3) is 0 Å². The minimum Gasteiger partial charge on any atom is -0.462 e. The highest BCUT2D eigenvalue weighted by Crippen LogP contribution is 2.37. The van der Waals surface area contributed by atoms with Crippen molar-refractivity contribution in [1.29, 1.82) is 0 Å². The van der Waals surface area contributed by atoms with E-state index in [0.29, 0.717) is 24.3 Å².